The summed E-state index contributed by atoms with van der Waals surface area (Å²) in [6.07, 6.45) is 4.89. The van der Waals surface area contributed by atoms with E-state index in [0.717, 1.165) is 49.7 Å². The molecule has 0 bridgehead atoms. The maximum atomic E-state index is 11.7. The van der Waals surface area contributed by atoms with Crippen molar-refractivity contribution in [2.75, 3.05) is 6.54 Å². The summed E-state index contributed by atoms with van der Waals surface area (Å²) < 4.78 is 0. The average molecular weight is 763 g/mol. The molecule has 312 valence electrons. The number of nitrogens with one attached hydrogen (secondary N) is 2. The van der Waals surface area contributed by atoms with Crippen LogP contribution in [0, 0.1) is 46.3 Å². The predicted octanol–water partition coefficient (Wildman–Crippen LogP) is 10.1. The van der Waals surface area contributed by atoms with Gasteiger partial charge in [-0.05, 0) is 97.5 Å². The van der Waals surface area contributed by atoms with Gasteiger partial charge < -0.3 is 26.1 Å². The zero-order chi connectivity index (χ0) is 42.6. The largest absolute Gasteiger partial charge is 0.369 e. The van der Waals surface area contributed by atoms with Crippen LogP contribution < -0.4 is 16.4 Å². The molecular weight excluding hydrogens is 681 g/mol. The molecule has 1 aliphatic heterocycles. The SMILES string of the molecule is C=C(NC(C(=C)N1C[C@H]2[C@@H](C1C(=C)C)C2(C)C)C1Cc2ccccc2C1)NC(CCC(C)=O)C(C)(C)C.CC.CC(C)C.CCC(CC(C)C)C(=O)C(N)=O. The third kappa shape index (κ3) is 14.6. The number of piperidine rings is 1. The van der Waals surface area contributed by atoms with Crippen LogP contribution in [0.15, 0.2) is 61.1 Å². The summed E-state index contributed by atoms with van der Waals surface area (Å²) in [5, 5.41) is 7.47. The third-order valence-electron chi connectivity index (χ3n) is 11.4. The number of fused-ring (bicyclic) bond motifs is 2. The van der Waals surface area contributed by atoms with E-state index in [1.54, 1.807) is 6.92 Å². The van der Waals surface area contributed by atoms with E-state index in [2.05, 4.69) is 115 Å². The molecule has 7 heteroatoms. The number of nitrogens with zero attached hydrogens (tertiary/aromatic N) is 1. The first-order valence-corrected chi connectivity index (χ1v) is 21.2. The maximum absolute atomic E-state index is 11.7. The van der Waals surface area contributed by atoms with Crippen molar-refractivity contribution in [1.82, 2.24) is 15.5 Å². The molecule has 0 radical (unpaired) electrons. The van der Waals surface area contributed by atoms with Crippen molar-refractivity contribution in [3.05, 3.63) is 72.2 Å². The van der Waals surface area contributed by atoms with Crippen LogP contribution in [-0.4, -0.2) is 47.0 Å². The van der Waals surface area contributed by atoms with Crippen LogP contribution in [0.1, 0.15) is 141 Å². The first kappa shape index (κ1) is 49.7. The van der Waals surface area contributed by atoms with Gasteiger partial charge in [-0.1, -0.05) is 140 Å². The zero-order valence-corrected chi connectivity index (χ0v) is 37.8. The lowest BCUT2D eigenvalue weighted by atomic mass is 9.83. The second kappa shape index (κ2) is 21.8. The van der Waals surface area contributed by atoms with Crippen LogP contribution >= 0.6 is 0 Å². The number of likely N-dealkylation sites (tertiary alicyclic amines) is 1. The second-order valence-electron chi connectivity index (χ2n) is 18.9. The minimum atomic E-state index is -0.803. The zero-order valence-electron chi connectivity index (χ0n) is 37.8. The van der Waals surface area contributed by atoms with Gasteiger partial charge in [0.05, 0.1) is 17.9 Å². The van der Waals surface area contributed by atoms with Gasteiger partial charge in [0.2, 0.25) is 5.78 Å². The summed E-state index contributed by atoms with van der Waals surface area (Å²) in [6.45, 7) is 46.4. The number of primary amides is 1. The van der Waals surface area contributed by atoms with E-state index >= 15 is 0 Å². The molecule has 3 aliphatic rings. The molecule has 1 amide bonds. The molecule has 0 aromatic heterocycles. The number of rotatable bonds is 16. The van der Waals surface area contributed by atoms with Crippen LogP contribution in [0.2, 0.25) is 0 Å². The number of Topliss-reactive ketones (excluding diaryl/α,β-unsaturated/α-hetero) is 2. The fourth-order valence-electron chi connectivity index (χ4n) is 8.37. The van der Waals surface area contributed by atoms with Crippen molar-refractivity contribution in [2.24, 2.45) is 52.1 Å². The third-order valence-corrected chi connectivity index (χ3v) is 11.4. The summed E-state index contributed by atoms with van der Waals surface area (Å²) >= 11 is 0. The smallest absolute Gasteiger partial charge is 0.285 e. The lowest BCUT2D eigenvalue weighted by Crippen LogP contribution is -2.50. The molecule has 2 fully saturated rings. The summed E-state index contributed by atoms with van der Waals surface area (Å²) in [7, 11) is 0. The minimum Gasteiger partial charge on any atom is -0.369 e. The number of amides is 1. The first-order valence-electron chi connectivity index (χ1n) is 21.2. The molecule has 55 heavy (non-hydrogen) atoms. The van der Waals surface area contributed by atoms with Crippen LogP contribution in [0.3, 0.4) is 0 Å². The highest BCUT2D eigenvalue weighted by Crippen LogP contribution is 2.66. The normalized spacial score (nSPS) is 20.8. The fourth-order valence-corrected chi connectivity index (χ4v) is 8.37. The monoisotopic (exact) mass is 763 g/mol. The molecule has 4 unspecified atom stereocenters. The summed E-state index contributed by atoms with van der Waals surface area (Å²) in [6, 6.07) is 9.40. The molecule has 1 heterocycles. The van der Waals surface area contributed by atoms with Crippen LogP contribution in [0.25, 0.3) is 0 Å². The Labute approximate surface area is 337 Å². The number of hydrogen-bond acceptors (Lipinski definition) is 6. The number of carbonyl (C=O) groups is 3. The second-order valence-corrected chi connectivity index (χ2v) is 18.9. The lowest BCUT2D eigenvalue weighted by molar-refractivity contribution is -0.138. The number of carbonyl (C=O) groups excluding carboxylic acids is 3. The number of nitrogens with two attached hydrogens (primary N) is 1. The van der Waals surface area contributed by atoms with Crippen molar-refractivity contribution in [3.8, 4) is 0 Å². The van der Waals surface area contributed by atoms with Crippen molar-refractivity contribution in [2.45, 2.75) is 161 Å². The first-order chi connectivity index (χ1) is 25.4. The number of ketones is 2. The van der Waals surface area contributed by atoms with Gasteiger partial charge >= 0.3 is 0 Å². The van der Waals surface area contributed by atoms with Gasteiger partial charge in [-0.15, -0.1) is 0 Å². The highest BCUT2D eigenvalue weighted by atomic mass is 16.2. The van der Waals surface area contributed by atoms with E-state index in [9.17, 15) is 14.4 Å². The Kier molecular flexibility index (Phi) is 19.7. The van der Waals surface area contributed by atoms with Crippen LogP contribution in [-0.2, 0) is 27.2 Å². The molecule has 4 rings (SSSR count). The quantitative estimate of drug-likeness (QED) is 0.114. The van der Waals surface area contributed by atoms with Crippen molar-refractivity contribution >= 4 is 17.5 Å². The van der Waals surface area contributed by atoms with Crippen LogP contribution in [0.5, 0.6) is 0 Å². The summed E-state index contributed by atoms with van der Waals surface area (Å²) in [5.74, 6) is 2.67. The predicted molar refractivity (Wildman–Crippen MR) is 234 cm³/mol. The van der Waals surface area contributed by atoms with E-state index in [1.807, 2.05) is 34.6 Å². The molecule has 1 aromatic carbocycles. The van der Waals surface area contributed by atoms with E-state index in [4.69, 9.17) is 12.3 Å². The molecular formula is C48H82N4O3. The molecule has 0 spiro atoms. The van der Waals surface area contributed by atoms with Crippen molar-refractivity contribution < 1.29 is 14.4 Å². The van der Waals surface area contributed by atoms with Gasteiger partial charge in [0.15, 0.2) is 0 Å². The Balaban J connectivity index is 0.000000703. The van der Waals surface area contributed by atoms with Crippen molar-refractivity contribution in [1.29, 1.82) is 0 Å². The number of hydrogen-bond donors (Lipinski definition) is 3. The van der Waals surface area contributed by atoms with E-state index in [1.165, 1.54) is 16.7 Å². The molecule has 2 aliphatic carbocycles. The molecule has 7 nitrogen and oxygen atoms in total. The summed E-state index contributed by atoms with van der Waals surface area (Å²) in [4.78, 5) is 36.0. The van der Waals surface area contributed by atoms with E-state index in [-0.39, 0.29) is 29.2 Å². The van der Waals surface area contributed by atoms with Crippen molar-refractivity contribution in [3.63, 3.8) is 0 Å². The van der Waals surface area contributed by atoms with Gasteiger partial charge in [0.25, 0.3) is 5.91 Å². The minimum absolute atomic E-state index is 0.00301. The van der Waals surface area contributed by atoms with Gasteiger partial charge in [-0.3, -0.25) is 9.59 Å². The average Bonchev–Trinajstić information content (AvgIpc) is 3.44. The van der Waals surface area contributed by atoms with Gasteiger partial charge in [0.1, 0.15) is 5.78 Å². The molecule has 1 saturated carbocycles. The molecule has 6 atom stereocenters. The molecule has 1 saturated heterocycles. The Bertz CT molecular complexity index is 1420. The fraction of sp³-hybridized carbons (Fsp3) is 0.688. The Hall–Kier alpha value is -3.35. The number of benzene rings is 1. The topological polar surface area (TPSA) is 105 Å². The molecule has 4 N–H and O–H groups in total. The summed E-state index contributed by atoms with van der Waals surface area (Å²) in [5.41, 5.74) is 10.6. The van der Waals surface area contributed by atoms with Crippen LogP contribution in [0.4, 0.5) is 0 Å². The highest BCUT2D eigenvalue weighted by molar-refractivity contribution is 6.36. The lowest BCUT2D eigenvalue weighted by Gasteiger charge is -2.41. The van der Waals surface area contributed by atoms with E-state index in [0.29, 0.717) is 48.0 Å². The van der Waals surface area contributed by atoms with E-state index < -0.39 is 11.7 Å². The Morgan fingerprint density at radius 3 is 1.85 bits per heavy atom. The van der Waals surface area contributed by atoms with Gasteiger partial charge in [-0.25, -0.2) is 0 Å². The maximum Gasteiger partial charge on any atom is 0.285 e. The van der Waals surface area contributed by atoms with Gasteiger partial charge in [0, 0.05) is 30.6 Å². The molecule has 1 aromatic rings. The Morgan fingerprint density at radius 2 is 1.45 bits per heavy atom. The van der Waals surface area contributed by atoms with Gasteiger partial charge in [-0.2, -0.15) is 0 Å². The standard InChI is InChI=1S/C33H49N3O.C9H17NO2.C4H10.C2H6/c1-20(2)31-29-27(33(29,9)10)19-36(31)22(4)30(26-17-24-13-11-12-14-25(24)18-26)35-23(5)34-28(32(6,7)8)16-15-21(3)37;1-4-7(5-6(2)3)8(11)9(10)12;1-4(2)3;1-2/h11-14,26-31,34-35H,1,4-5,15-19H2,2-3,6-10H3;6-7H,4-5H2,1-3H3,(H2,10,12);4H,1-3H3;1-2H3/t27-,28?,29-,30?,31?;;;/m0.../s1. The highest BCUT2D eigenvalue weighted by Gasteiger charge is 2.67. The Morgan fingerprint density at radius 1 is 0.945 bits per heavy atom.